The normalized spacial score (nSPS) is 10.8. The number of pyridine rings is 1. The van der Waals surface area contributed by atoms with Gasteiger partial charge in [0.05, 0.1) is 33.0 Å². The molecule has 2 aromatic rings. The minimum Gasteiger partial charge on any atom is -0.481 e. The summed E-state index contributed by atoms with van der Waals surface area (Å²) in [5, 5.41) is 2.29. The van der Waals surface area contributed by atoms with Crippen LogP contribution in [0.3, 0.4) is 0 Å². The van der Waals surface area contributed by atoms with Crippen molar-refractivity contribution in [1.82, 2.24) is 24.7 Å². The first-order chi connectivity index (χ1) is 13.7. The van der Waals surface area contributed by atoms with Crippen LogP contribution in [-0.4, -0.2) is 68.7 Å². The predicted octanol–water partition coefficient (Wildman–Crippen LogP) is 0.0326. The molecule has 0 aliphatic carbocycles. The first-order valence-electron chi connectivity index (χ1n) is 7.80. The lowest BCUT2D eigenvalue weighted by Gasteiger charge is -2.15. The second kappa shape index (κ2) is 9.11. The smallest absolute Gasteiger partial charge is 0.335 e. The van der Waals surface area contributed by atoms with Gasteiger partial charge < -0.3 is 9.47 Å². The third-order valence-corrected chi connectivity index (χ3v) is 4.65. The standard InChI is InChI=1S/C15H18N6O7S/c1-21(28-4)13(22)9-6-5-7-16-12(9)29(24,25)20-15(23)19-14-17-10(26-2)8-11(18-14)27-3/h5-8H,1-4H3,(H2,17,18,19,20,23). The van der Waals surface area contributed by atoms with E-state index in [1.54, 1.807) is 4.72 Å². The zero-order chi connectivity index (χ0) is 21.6. The van der Waals surface area contributed by atoms with Crippen molar-refractivity contribution in [1.29, 1.82) is 0 Å². The van der Waals surface area contributed by atoms with Gasteiger partial charge in [-0.2, -0.15) is 18.4 Å². The molecule has 3 amide bonds. The van der Waals surface area contributed by atoms with E-state index in [4.69, 9.17) is 14.3 Å². The molecule has 0 aliphatic rings. The van der Waals surface area contributed by atoms with Crippen LogP contribution in [0.25, 0.3) is 0 Å². The first-order valence-corrected chi connectivity index (χ1v) is 9.28. The maximum absolute atomic E-state index is 12.6. The van der Waals surface area contributed by atoms with Crippen molar-refractivity contribution in [2.24, 2.45) is 0 Å². The van der Waals surface area contributed by atoms with E-state index in [0.29, 0.717) is 0 Å². The lowest BCUT2D eigenvalue weighted by molar-refractivity contribution is -0.0759. The average molecular weight is 426 g/mol. The number of carbonyl (C=O) groups is 2. The molecule has 2 aromatic heterocycles. The Morgan fingerprint density at radius 3 is 2.28 bits per heavy atom. The van der Waals surface area contributed by atoms with Crippen molar-refractivity contribution in [2.45, 2.75) is 5.03 Å². The van der Waals surface area contributed by atoms with E-state index in [-0.39, 0.29) is 23.3 Å². The fraction of sp³-hybridized carbons (Fsp3) is 0.267. The van der Waals surface area contributed by atoms with Gasteiger partial charge in [-0.25, -0.2) is 19.6 Å². The molecule has 2 rings (SSSR count). The summed E-state index contributed by atoms with van der Waals surface area (Å²) in [6, 6.07) is 2.77. The van der Waals surface area contributed by atoms with Gasteiger partial charge in [-0.3, -0.25) is 14.9 Å². The van der Waals surface area contributed by atoms with Gasteiger partial charge in [-0.15, -0.1) is 0 Å². The van der Waals surface area contributed by atoms with Gasteiger partial charge in [0, 0.05) is 13.2 Å². The minimum absolute atomic E-state index is 0.0789. The molecule has 0 spiro atoms. The molecule has 0 radical (unpaired) electrons. The van der Waals surface area contributed by atoms with E-state index in [2.05, 4.69) is 20.3 Å². The number of amides is 3. The number of sulfonamides is 1. The number of hydrogen-bond acceptors (Lipinski definition) is 10. The number of rotatable bonds is 7. The van der Waals surface area contributed by atoms with Crippen molar-refractivity contribution >= 4 is 27.9 Å². The van der Waals surface area contributed by atoms with Crippen molar-refractivity contribution in [3.05, 3.63) is 30.0 Å². The third-order valence-electron chi connectivity index (χ3n) is 3.37. The van der Waals surface area contributed by atoms with E-state index >= 15 is 0 Å². The van der Waals surface area contributed by atoms with Gasteiger partial charge in [-0.05, 0) is 12.1 Å². The number of aromatic nitrogens is 3. The highest BCUT2D eigenvalue weighted by molar-refractivity contribution is 7.90. The molecule has 0 saturated carbocycles. The summed E-state index contributed by atoms with van der Waals surface area (Å²) >= 11 is 0. The van der Waals surface area contributed by atoms with E-state index in [9.17, 15) is 18.0 Å². The zero-order valence-electron chi connectivity index (χ0n) is 15.9. The lowest BCUT2D eigenvalue weighted by atomic mass is 10.3. The van der Waals surface area contributed by atoms with E-state index in [0.717, 1.165) is 11.3 Å². The maximum Gasteiger partial charge on any atom is 0.335 e. The van der Waals surface area contributed by atoms with Crippen molar-refractivity contribution in [3.63, 3.8) is 0 Å². The van der Waals surface area contributed by atoms with E-state index in [1.807, 2.05) is 0 Å². The van der Waals surface area contributed by atoms with Gasteiger partial charge >= 0.3 is 6.03 Å². The number of anilines is 1. The van der Waals surface area contributed by atoms with Gasteiger partial charge in [0.1, 0.15) is 0 Å². The highest BCUT2D eigenvalue weighted by Gasteiger charge is 2.28. The Bertz CT molecular complexity index is 992. The fourth-order valence-electron chi connectivity index (χ4n) is 1.99. The summed E-state index contributed by atoms with van der Waals surface area (Å²) in [5.41, 5.74) is -0.295. The second-order valence-corrected chi connectivity index (χ2v) is 6.77. The molecule has 0 fully saturated rings. The lowest BCUT2D eigenvalue weighted by Crippen LogP contribution is -2.37. The quantitative estimate of drug-likeness (QED) is 0.578. The van der Waals surface area contributed by atoms with Crippen LogP contribution < -0.4 is 19.5 Å². The molecule has 0 aliphatic heterocycles. The Hall–Kier alpha value is -3.52. The van der Waals surface area contributed by atoms with Crippen LogP contribution >= 0.6 is 0 Å². The molecule has 14 heteroatoms. The molecule has 2 N–H and O–H groups in total. The Morgan fingerprint density at radius 1 is 1.10 bits per heavy atom. The topological polar surface area (TPSA) is 162 Å². The van der Waals surface area contributed by atoms with E-state index in [1.165, 1.54) is 46.6 Å². The van der Waals surface area contributed by atoms with Crippen molar-refractivity contribution in [3.8, 4) is 11.8 Å². The number of hydroxylamine groups is 2. The van der Waals surface area contributed by atoms with Crippen LogP contribution in [0.5, 0.6) is 11.8 Å². The Kier molecular flexibility index (Phi) is 6.84. The van der Waals surface area contributed by atoms with Crippen LogP contribution in [0.15, 0.2) is 29.4 Å². The fourth-order valence-corrected chi connectivity index (χ4v) is 3.02. The van der Waals surface area contributed by atoms with Gasteiger partial charge in [0.25, 0.3) is 15.9 Å². The highest BCUT2D eigenvalue weighted by atomic mass is 32.2. The number of urea groups is 1. The van der Waals surface area contributed by atoms with Crippen LogP contribution in [-0.2, 0) is 14.9 Å². The minimum atomic E-state index is -4.52. The molecule has 13 nitrogen and oxygen atoms in total. The molecule has 0 aromatic carbocycles. The monoisotopic (exact) mass is 426 g/mol. The van der Waals surface area contributed by atoms with E-state index < -0.39 is 27.0 Å². The molecule has 0 bridgehead atoms. The molecular weight excluding hydrogens is 408 g/mol. The van der Waals surface area contributed by atoms with Crippen LogP contribution in [0.2, 0.25) is 0 Å². The maximum atomic E-state index is 12.6. The predicted molar refractivity (Wildman–Crippen MR) is 97.8 cm³/mol. The third kappa shape index (κ3) is 5.26. The number of carbonyl (C=O) groups excluding carboxylic acids is 2. The molecule has 156 valence electrons. The average Bonchev–Trinajstić information content (AvgIpc) is 2.71. The summed E-state index contributed by atoms with van der Waals surface area (Å²) < 4.78 is 36.8. The first kappa shape index (κ1) is 21.8. The molecule has 0 unspecified atom stereocenters. The number of nitrogens with zero attached hydrogens (tertiary/aromatic N) is 4. The summed E-state index contributed by atoms with van der Waals surface area (Å²) in [7, 11) is 0.681. The molecular formula is C15H18N6O7S. The van der Waals surface area contributed by atoms with Crippen molar-refractivity contribution < 1.29 is 32.3 Å². The molecule has 29 heavy (non-hydrogen) atoms. The van der Waals surface area contributed by atoms with Crippen LogP contribution in [0.4, 0.5) is 10.7 Å². The Balaban J connectivity index is 2.26. The highest BCUT2D eigenvalue weighted by Crippen LogP contribution is 2.18. The molecule has 2 heterocycles. The number of methoxy groups -OCH3 is 2. The zero-order valence-corrected chi connectivity index (χ0v) is 16.7. The van der Waals surface area contributed by atoms with Gasteiger partial charge in [-0.1, -0.05) is 0 Å². The summed E-state index contributed by atoms with van der Waals surface area (Å²) in [5.74, 6) is -0.891. The SMILES string of the molecule is COc1cc(OC)nc(NC(=O)NS(=O)(=O)c2ncccc2C(=O)N(C)OC)n1. The Labute approximate surface area is 166 Å². The van der Waals surface area contributed by atoms with Crippen LogP contribution in [0, 0.1) is 0 Å². The van der Waals surface area contributed by atoms with Gasteiger partial charge in [0.2, 0.25) is 17.7 Å². The second-order valence-electron chi connectivity index (χ2n) is 5.18. The number of nitrogens with one attached hydrogen (secondary N) is 2. The molecule has 0 atom stereocenters. The summed E-state index contributed by atoms with van der Waals surface area (Å²) in [6.07, 6.45) is 1.16. The summed E-state index contributed by atoms with van der Waals surface area (Å²) in [6.45, 7) is 0. The van der Waals surface area contributed by atoms with Crippen LogP contribution in [0.1, 0.15) is 10.4 Å². The summed E-state index contributed by atoms with van der Waals surface area (Å²) in [4.78, 5) is 40.6. The van der Waals surface area contributed by atoms with Crippen molar-refractivity contribution in [2.75, 3.05) is 33.7 Å². The van der Waals surface area contributed by atoms with Gasteiger partial charge in [0.15, 0.2) is 5.03 Å². The largest absolute Gasteiger partial charge is 0.481 e. The number of ether oxygens (including phenoxy) is 2. The Morgan fingerprint density at radius 2 is 1.72 bits per heavy atom. The molecule has 0 saturated heterocycles. The number of hydrogen-bond donors (Lipinski definition) is 2.